The first-order valence-electron chi connectivity index (χ1n) is 8.18. The summed E-state index contributed by atoms with van der Waals surface area (Å²) in [5.74, 6) is -0.102. The van der Waals surface area contributed by atoms with Gasteiger partial charge >= 0.3 is 0 Å². The van der Waals surface area contributed by atoms with E-state index in [9.17, 15) is 9.90 Å². The number of amides is 1. The van der Waals surface area contributed by atoms with Crippen LogP contribution in [-0.2, 0) is 4.79 Å². The normalized spacial score (nSPS) is 12.7. The lowest BCUT2D eigenvalue weighted by Crippen LogP contribution is -2.40. The fourth-order valence-electron chi connectivity index (χ4n) is 2.70. The fraction of sp³-hybridized carbons (Fsp3) is 0.350. The average Bonchev–Trinajstić information content (AvgIpc) is 2.56. The summed E-state index contributed by atoms with van der Waals surface area (Å²) in [6, 6.07) is 17.5. The molecular formula is C20H26N2O2. The van der Waals surface area contributed by atoms with Crippen molar-refractivity contribution < 1.29 is 9.90 Å². The van der Waals surface area contributed by atoms with Crippen molar-refractivity contribution in [2.24, 2.45) is 5.41 Å². The smallest absolute Gasteiger partial charge is 0.238 e. The van der Waals surface area contributed by atoms with E-state index in [4.69, 9.17) is 0 Å². The molecule has 0 spiro atoms. The number of carbonyl (C=O) groups is 1. The lowest BCUT2D eigenvalue weighted by molar-refractivity contribution is -0.115. The maximum Gasteiger partial charge on any atom is 0.238 e. The van der Waals surface area contributed by atoms with Gasteiger partial charge in [0, 0.05) is 23.8 Å². The molecule has 1 atom stereocenters. The van der Waals surface area contributed by atoms with Crippen molar-refractivity contribution in [3.8, 4) is 0 Å². The number of carbonyl (C=O) groups excluding carboxylic acids is 1. The Bertz CT molecular complexity index is 668. The predicted molar refractivity (Wildman–Crippen MR) is 97.9 cm³/mol. The molecule has 0 bridgehead atoms. The number of nitrogens with one attached hydrogen (secondary N) is 2. The van der Waals surface area contributed by atoms with Gasteiger partial charge in [-0.1, -0.05) is 56.3 Å². The van der Waals surface area contributed by atoms with Gasteiger partial charge in [0.1, 0.15) is 0 Å². The first kappa shape index (κ1) is 18.2. The Hall–Kier alpha value is -2.17. The van der Waals surface area contributed by atoms with E-state index in [1.165, 1.54) is 0 Å². The van der Waals surface area contributed by atoms with Gasteiger partial charge in [-0.3, -0.25) is 4.79 Å². The van der Waals surface area contributed by atoms with Gasteiger partial charge in [-0.2, -0.15) is 0 Å². The maximum atomic E-state index is 12.2. The first-order chi connectivity index (χ1) is 11.4. The Morgan fingerprint density at radius 3 is 2.46 bits per heavy atom. The number of aliphatic hydroxyl groups excluding tert-OH is 1. The molecule has 0 saturated heterocycles. The molecule has 2 aromatic rings. The number of aliphatic hydroxyl groups is 1. The summed E-state index contributed by atoms with van der Waals surface area (Å²) in [7, 11) is 0. The lowest BCUT2D eigenvalue weighted by Gasteiger charge is -2.33. The molecule has 0 aliphatic carbocycles. The van der Waals surface area contributed by atoms with E-state index in [2.05, 4.69) is 10.6 Å². The van der Waals surface area contributed by atoms with E-state index < -0.39 is 0 Å². The summed E-state index contributed by atoms with van der Waals surface area (Å²) in [6.45, 7) is 6.16. The SMILES string of the molecule is Cc1cccc(NC(=O)CN[C@H](c2ccccc2)C(C)(C)CO)c1. The second-order valence-electron chi connectivity index (χ2n) is 6.79. The molecule has 0 radical (unpaired) electrons. The molecule has 0 aromatic heterocycles. The Morgan fingerprint density at radius 2 is 1.83 bits per heavy atom. The third-order valence-corrected chi connectivity index (χ3v) is 4.09. The van der Waals surface area contributed by atoms with E-state index in [1.807, 2.05) is 75.4 Å². The van der Waals surface area contributed by atoms with Crippen LogP contribution in [0.4, 0.5) is 5.69 Å². The van der Waals surface area contributed by atoms with Crippen LogP contribution in [0, 0.1) is 12.3 Å². The van der Waals surface area contributed by atoms with Gasteiger partial charge in [-0.15, -0.1) is 0 Å². The van der Waals surface area contributed by atoms with E-state index in [0.29, 0.717) is 0 Å². The summed E-state index contributed by atoms with van der Waals surface area (Å²) < 4.78 is 0. The van der Waals surface area contributed by atoms with Crippen LogP contribution in [0.5, 0.6) is 0 Å². The third kappa shape index (κ3) is 4.91. The predicted octanol–water partition coefficient (Wildman–Crippen LogP) is 3.28. The molecule has 4 heteroatoms. The number of anilines is 1. The zero-order chi connectivity index (χ0) is 17.6. The topological polar surface area (TPSA) is 61.4 Å². The van der Waals surface area contributed by atoms with Gasteiger partial charge in [-0.25, -0.2) is 0 Å². The molecule has 3 N–H and O–H groups in total. The summed E-state index contributed by atoms with van der Waals surface area (Å²) in [6.07, 6.45) is 0. The van der Waals surface area contributed by atoms with Crippen LogP contribution in [-0.4, -0.2) is 24.2 Å². The van der Waals surface area contributed by atoms with Gasteiger partial charge in [0.25, 0.3) is 0 Å². The van der Waals surface area contributed by atoms with Crippen LogP contribution < -0.4 is 10.6 Å². The molecule has 1 amide bonds. The molecule has 0 saturated carbocycles. The molecule has 24 heavy (non-hydrogen) atoms. The molecule has 0 unspecified atom stereocenters. The van der Waals surface area contributed by atoms with Crippen molar-refractivity contribution in [3.05, 3.63) is 65.7 Å². The molecule has 0 aliphatic rings. The van der Waals surface area contributed by atoms with Crippen LogP contribution in [0.3, 0.4) is 0 Å². The highest BCUT2D eigenvalue weighted by molar-refractivity contribution is 5.92. The minimum absolute atomic E-state index is 0.0268. The van der Waals surface area contributed by atoms with E-state index in [-0.39, 0.29) is 30.5 Å². The minimum atomic E-state index is -0.384. The maximum absolute atomic E-state index is 12.2. The van der Waals surface area contributed by atoms with Crippen molar-refractivity contribution in [3.63, 3.8) is 0 Å². The van der Waals surface area contributed by atoms with Gasteiger partial charge in [0.05, 0.1) is 6.54 Å². The van der Waals surface area contributed by atoms with Gasteiger partial charge < -0.3 is 15.7 Å². The molecule has 0 aliphatic heterocycles. The number of rotatable bonds is 7. The van der Waals surface area contributed by atoms with Crippen molar-refractivity contribution in [2.75, 3.05) is 18.5 Å². The second kappa shape index (κ2) is 8.08. The minimum Gasteiger partial charge on any atom is -0.396 e. The summed E-state index contributed by atoms with van der Waals surface area (Å²) in [4.78, 5) is 12.2. The van der Waals surface area contributed by atoms with Crippen LogP contribution in [0.25, 0.3) is 0 Å². The van der Waals surface area contributed by atoms with Gasteiger partial charge in [-0.05, 0) is 30.2 Å². The first-order valence-corrected chi connectivity index (χ1v) is 8.18. The van der Waals surface area contributed by atoms with E-state index >= 15 is 0 Å². The Morgan fingerprint density at radius 1 is 1.12 bits per heavy atom. The highest BCUT2D eigenvalue weighted by Crippen LogP contribution is 2.32. The number of hydrogen-bond donors (Lipinski definition) is 3. The molecule has 0 heterocycles. The Kier molecular flexibility index (Phi) is 6.12. The Balaban J connectivity index is 2.04. The summed E-state index contributed by atoms with van der Waals surface area (Å²) in [5, 5.41) is 15.9. The van der Waals surface area contributed by atoms with Crippen LogP contribution in [0.15, 0.2) is 54.6 Å². The van der Waals surface area contributed by atoms with Crippen molar-refractivity contribution in [1.82, 2.24) is 5.32 Å². The molecule has 4 nitrogen and oxygen atoms in total. The number of aryl methyl sites for hydroxylation is 1. The van der Waals surface area contributed by atoms with Crippen molar-refractivity contribution in [1.29, 1.82) is 0 Å². The third-order valence-electron chi connectivity index (χ3n) is 4.09. The van der Waals surface area contributed by atoms with Crippen molar-refractivity contribution in [2.45, 2.75) is 26.8 Å². The number of hydrogen-bond acceptors (Lipinski definition) is 3. The van der Waals surface area contributed by atoms with Gasteiger partial charge in [0.15, 0.2) is 0 Å². The lowest BCUT2D eigenvalue weighted by atomic mass is 9.81. The standard InChI is InChI=1S/C20H26N2O2/c1-15-8-7-11-17(12-15)22-18(24)13-21-19(20(2,3)14-23)16-9-5-4-6-10-16/h4-12,19,21,23H,13-14H2,1-3H3,(H,22,24)/t19-/m1/s1. The molecule has 2 aromatic carbocycles. The van der Waals surface area contributed by atoms with Gasteiger partial charge in [0.2, 0.25) is 5.91 Å². The largest absolute Gasteiger partial charge is 0.396 e. The van der Waals surface area contributed by atoms with Crippen LogP contribution in [0.1, 0.15) is 31.0 Å². The monoisotopic (exact) mass is 326 g/mol. The van der Waals surface area contributed by atoms with Crippen LogP contribution in [0.2, 0.25) is 0 Å². The highest BCUT2D eigenvalue weighted by atomic mass is 16.3. The quantitative estimate of drug-likeness (QED) is 0.732. The fourth-order valence-corrected chi connectivity index (χ4v) is 2.70. The second-order valence-corrected chi connectivity index (χ2v) is 6.79. The average molecular weight is 326 g/mol. The molecular weight excluding hydrogens is 300 g/mol. The van der Waals surface area contributed by atoms with E-state index in [0.717, 1.165) is 16.8 Å². The molecule has 128 valence electrons. The highest BCUT2D eigenvalue weighted by Gasteiger charge is 2.30. The zero-order valence-corrected chi connectivity index (χ0v) is 14.5. The Labute approximate surface area is 143 Å². The van der Waals surface area contributed by atoms with E-state index in [1.54, 1.807) is 0 Å². The molecule has 2 rings (SSSR count). The van der Waals surface area contributed by atoms with Crippen molar-refractivity contribution >= 4 is 11.6 Å². The summed E-state index contributed by atoms with van der Waals surface area (Å²) in [5.41, 5.74) is 2.56. The summed E-state index contributed by atoms with van der Waals surface area (Å²) >= 11 is 0. The molecule has 0 fully saturated rings. The van der Waals surface area contributed by atoms with Crippen LogP contribution >= 0.6 is 0 Å². The number of benzene rings is 2. The zero-order valence-electron chi connectivity index (χ0n) is 14.5.